The molecule has 2 aromatic carbocycles. The third-order valence-corrected chi connectivity index (χ3v) is 4.39. The van der Waals surface area contributed by atoms with Gasteiger partial charge in [-0.25, -0.2) is 0 Å². The van der Waals surface area contributed by atoms with Crippen molar-refractivity contribution >= 4 is 0 Å². The molecule has 19 heavy (non-hydrogen) atoms. The van der Waals surface area contributed by atoms with Crippen molar-refractivity contribution < 1.29 is 0 Å². The molecule has 0 bridgehead atoms. The predicted molar refractivity (Wildman–Crippen MR) is 76.7 cm³/mol. The van der Waals surface area contributed by atoms with Gasteiger partial charge in [-0.1, -0.05) is 54.6 Å². The van der Waals surface area contributed by atoms with Crippen LogP contribution in [-0.4, -0.2) is 17.5 Å². The Kier molecular flexibility index (Phi) is 2.64. The van der Waals surface area contributed by atoms with Gasteiger partial charge in [-0.2, -0.15) is 0 Å². The number of nitrogens with one attached hydrogen (secondary N) is 1. The van der Waals surface area contributed by atoms with Gasteiger partial charge in [0, 0.05) is 19.1 Å². The van der Waals surface area contributed by atoms with E-state index in [2.05, 4.69) is 64.8 Å². The van der Waals surface area contributed by atoms with Gasteiger partial charge in [0.05, 0.1) is 6.17 Å². The minimum atomic E-state index is 0.375. The second-order valence-electron chi connectivity index (χ2n) is 5.52. The van der Waals surface area contributed by atoms with Crippen molar-refractivity contribution in [3.05, 3.63) is 71.3 Å². The first kappa shape index (κ1) is 11.2. The molecular weight excluding hydrogens is 232 g/mol. The Bertz CT molecular complexity index is 579. The van der Waals surface area contributed by atoms with E-state index in [1.165, 1.54) is 23.1 Å². The zero-order chi connectivity index (χ0) is 12.7. The van der Waals surface area contributed by atoms with Crippen molar-refractivity contribution in [3.63, 3.8) is 0 Å². The summed E-state index contributed by atoms with van der Waals surface area (Å²) in [5.74, 6) is 0. The highest BCUT2D eigenvalue weighted by atomic mass is 15.4. The standard InChI is InChI=1S/C17H18N2/c1-2-6-13(7-3-1)17-18-11-16-10-14-8-4-5-9-15(14)12-19(16)17/h1-9,16-18H,10-12H2/t16-,17-/m1/s1. The maximum atomic E-state index is 3.68. The van der Waals surface area contributed by atoms with Crippen molar-refractivity contribution in [2.45, 2.75) is 25.2 Å². The highest BCUT2D eigenvalue weighted by molar-refractivity contribution is 5.32. The molecule has 0 amide bonds. The van der Waals surface area contributed by atoms with Gasteiger partial charge in [0.15, 0.2) is 0 Å². The quantitative estimate of drug-likeness (QED) is 0.837. The summed E-state index contributed by atoms with van der Waals surface area (Å²) in [5, 5.41) is 3.68. The van der Waals surface area contributed by atoms with Crippen molar-refractivity contribution in [1.82, 2.24) is 10.2 Å². The summed E-state index contributed by atoms with van der Waals surface area (Å²) >= 11 is 0. The molecule has 0 aromatic heterocycles. The van der Waals surface area contributed by atoms with Crippen LogP contribution in [0.3, 0.4) is 0 Å². The molecule has 0 radical (unpaired) electrons. The first-order chi connectivity index (χ1) is 9.42. The molecule has 1 N–H and O–H groups in total. The summed E-state index contributed by atoms with van der Waals surface area (Å²) in [6.45, 7) is 2.15. The van der Waals surface area contributed by atoms with Crippen LogP contribution in [0.1, 0.15) is 22.9 Å². The third-order valence-electron chi connectivity index (χ3n) is 4.39. The second kappa shape index (κ2) is 4.48. The Hall–Kier alpha value is -1.64. The zero-order valence-corrected chi connectivity index (χ0v) is 10.9. The lowest BCUT2D eigenvalue weighted by Crippen LogP contribution is -2.38. The molecule has 0 aliphatic carbocycles. The van der Waals surface area contributed by atoms with Gasteiger partial charge < -0.3 is 0 Å². The van der Waals surface area contributed by atoms with Gasteiger partial charge in [-0.05, 0) is 23.1 Å². The van der Waals surface area contributed by atoms with Gasteiger partial charge >= 0.3 is 0 Å². The molecule has 4 rings (SSSR count). The fourth-order valence-corrected chi connectivity index (χ4v) is 3.41. The Balaban J connectivity index is 1.66. The molecule has 2 nitrogen and oxygen atoms in total. The van der Waals surface area contributed by atoms with Crippen LogP contribution in [0.4, 0.5) is 0 Å². The average Bonchev–Trinajstić information content (AvgIpc) is 2.88. The summed E-state index contributed by atoms with van der Waals surface area (Å²) in [5.41, 5.74) is 4.40. The predicted octanol–water partition coefficient (Wildman–Crippen LogP) is 2.72. The molecule has 0 unspecified atom stereocenters. The summed E-state index contributed by atoms with van der Waals surface area (Å²) in [7, 11) is 0. The third kappa shape index (κ3) is 1.88. The van der Waals surface area contributed by atoms with Gasteiger partial charge in [0.25, 0.3) is 0 Å². The first-order valence-electron chi connectivity index (χ1n) is 7.03. The second-order valence-corrected chi connectivity index (χ2v) is 5.52. The van der Waals surface area contributed by atoms with Crippen molar-refractivity contribution in [3.8, 4) is 0 Å². The number of benzene rings is 2. The van der Waals surface area contributed by atoms with Crippen LogP contribution in [0.5, 0.6) is 0 Å². The maximum absolute atomic E-state index is 3.68. The average molecular weight is 250 g/mol. The molecule has 0 spiro atoms. The summed E-state index contributed by atoms with van der Waals surface area (Å²) in [4.78, 5) is 2.61. The van der Waals surface area contributed by atoms with E-state index < -0.39 is 0 Å². The van der Waals surface area contributed by atoms with Crippen LogP contribution in [0.25, 0.3) is 0 Å². The highest BCUT2D eigenvalue weighted by Gasteiger charge is 2.36. The Morgan fingerprint density at radius 3 is 2.47 bits per heavy atom. The minimum absolute atomic E-state index is 0.375. The molecule has 0 saturated carbocycles. The molecule has 1 fully saturated rings. The fourth-order valence-electron chi connectivity index (χ4n) is 3.41. The Morgan fingerprint density at radius 1 is 0.895 bits per heavy atom. The molecule has 2 atom stereocenters. The minimum Gasteiger partial charge on any atom is -0.296 e. The number of hydrogen-bond donors (Lipinski definition) is 1. The summed E-state index contributed by atoms with van der Waals surface area (Å²) in [6.07, 6.45) is 1.55. The summed E-state index contributed by atoms with van der Waals surface area (Å²) < 4.78 is 0. The lowest BCUT2D eigenvalue weighted by molar-refractivity contribution is 0.167. The van der Waals surface area contributed by atoms with Crippen molar-refractivity contribution in [2.75, 3.05) is 6.54 Å². The van der Waals surface area contributed by atoms with E-state index in [-0.39, 0.29) is 0 Å². The normalized spacial score (nSPS) is 25.9. The van der Waals surface area contributed by atoms with Gasteiger partial charge in [0.2, 0.25) is 0 Å². The monoisotopic (exact) mass is 250 g/mol. The van der Waals surface area contributed by atoms with E-state index in [9.17, 15) is 0 Å². The van der Waals surface area contributed by atoms with E-state index in [4.69, 9.17) is 0 Å². The van der Waals surface area contributed by atoms with E-state index in [1.807, 2.05) is 0 Å². The number of rotatable bonds is 1. The van der Waals surface area contributed by atoms with Crippen LogP contribution >= 0.6 is 0 Å². The van der Waals surface area contributed by atoms with Crippen LogP contribution in [0.15, 0.2) is 54.6 Å². The Morgan fingerprint density at radius 2 is 1.63 bits per heavy atom. The highest BCUT2D eigenvalue weighted by Crippen LogP contribution is 2.33. The number of fused-ring (bicyclic) bond motifs is 2. The summed E-state index contributed by atoms with van der Waals surface area (Å²) in [6, 6.07) is 20.3. The van der Waals surface area contributed by atoms with E-state index in [0.29, 0.717) is 12.2 Å². The zero-order valence-electron chi connectivity index (χ0n) is 10.9. The van der Waals surface area contributed by atoms with Crippen LogP contribution < -0.4 is 5.32 Å². The van der Waals surface area contributed by atoms with Crippen LogP contribution in [0.2, 0.25) is 0 Å². The first-order valence-corrected chi connectivity index (χ1v) is 7.03. The molecular formula is C17H18N2. The van der Waals surface area contributed by atoms with E-state index >= 15 is 0 Å². The van der Waals surface area contributed by atoms with Crippen LogP contribution in [-0.2, 0) is 13.0 Å². The molecule has 2 heteroatoms. The topological polar surface area (TPSA) is 15.3 Å². The smallest absolute Gasteiger partial charge is 0.0867 e. The number of hydrogen-bond acceptors (Lipinski definition) is 2. The molecule has 2 aliphatic rings. The largest absolute Gasteiger partial charge is 0.296 e. The lowest BCUT2D eigenvalue weighted by Gasteiger charge is -2.34. The number of nitrogens with zero attached hydrogens (tertiary/aromatic N) is 1. The molecule has 2 heterocycles. The molecule has 1 saturated heterocycles. The Labute approximate surface area is 114 Å². The molecule has 96 valence electrons. The van der Waals surface area contributed by atoms with E-state index in [0.717, 1.165) is 13.1 Å². The SMILES string of the molecule is c1ccc([C@@H]2NC[C@H]3Cc4ccccc4CN32)cc1. The van der Waals surface area contributed by atoms with Gasteiger partial charge in [0.1, 0.15) is 0 Å². The maximum Gasteiger partial charge on any atom is 0.0867 e. The van der Waals surface area contributed by atoms with Crippen molar-refractivity contribution in [2.24, 2.45) is 0 Å². The van der Waals surface area contributed by atoms with Gasteiger partial charge in [-0.15, -0.1) is 0 Å². The molecule has 2 aromatic rings. The lowest BCUT2D eigenvalue weighted by atomic mass is 9.94. The van der Waals surface area contributed by atoms with Crippen LogP contribution in [0, 0.1) is 0 Å². The van der Waals surface area contributed by atoms with E-state index in [1.54, 1.807) is 0 Å². The van der Waals surface area contributed by atoms with Gasteiger partial charge in [-0.3, -0.25) is 10.2 Å². The molecule has 2 aliphatic heterocycles. The fraction of sp³-hybridized carbons (Fsp3) is 0.294. The van der Waals surface area contributed by atoms with Crippen molar-refractivity contribution in [1.29, 1.82) is 0 Å².